The number of hydrogen-bond donors (Lipinski definition) is 0. The lowest BCUT2D eigenvalue weighted by Crippen LogP contribution is -1.97. The quantitative estimate of drug-likeness (QED) is 0.204. The van der Waals surface area contributed by atoms with Crippen LogP contribution in [0.2, 0.25) is 0 Å². The van der Waals surface area contributed by atoms with Gasteiger partial charge < -0.3 is 9.30 Å². The molecule has 5 nitrogen and oxygen atoms in total. The Balaban J connectivity index is 1.31. The van der Waals surface area contributed by atoms with Crippen molar-refractivity contribution in [1.82, 2.24) is 19.1 Å². The number of aromatic nitrogens is 4. The van der Waals surface area contributed by atoms with Crippen molar-refractivity contribution in [3.05, 3.63) is 158 Å². The van der Waals surface area contributed by atoms with E-state index in [1.54, 1.807) is 6.20 Å². The number of para-hydroxylation sites is 2. The average Bonchev–Trinajstić information content (AvgIpc) is 3.62. The third-order valence-electron chi connectivity index (χ3n) is 8.46. The molecule has 45 heavy (non-hydrogen) atoms. The molecule has 0 unspecified atom stereocenters. The zero-order valence-corrected chi connectivity index (χ0v) is 24.2. The maximum Gasteiger partial charge on any atom is 0.137 e. The molecule has 0 amide bonds. The molecule has 0 saturated carbocycles. The van der Waals surface area contributed by atoms with Crippen molar-refractivity contribution in [2.75, 3.05) is 0 Å². The lowest BCUT2D eigenvalue weighted by Gasteiger charge is -2.10. The van der Waals surface area contributed by atoms with E-state index in [0.717, 1.165) is 50.7 Å². The second-order valence-corrected chi connectivity index (χ2v) is 11.1. The van der Waals surface area contributed by atoms with Crippen molar-refractivity contribution in [2.24, 2.45) is 0 Å². The third kappa shape index (κ3) is 4.09. The highest BCUT2D eigenvalue weighted by molar-refractivity contribution is 6.26. The van der Waals surface area contributed by atoms with E-state index in [1.807, 2.05) is 54.7 Å². The summed E-state index contributed by atoms with van der Waals surface area (Å²) in [6.45, 7) is 0. The van der Waals surface area contributed by atoms with E-state index in [4.69, 9.17) is 9.72 Å². The lowest BCUT2D eigenvalue weighted by molar-refractivity contribution is 0.483. The molecule has 5 aromatic carbocycles. The molecule has 0 saturated heterocycles. The van der Waals surface area contributed by atoms with Crippen LogP contribution in [0, 0.1) is 0 Å². The minimum atomic E-state index is 0.750. The average molecular weight is 579 g/mol. The first kappa shape index (κ1) is 25.3. The number of hydrogen-bond acceptors (Lipinski definition) is 3. The summed E-state index contributed by atoms with van der Waals surface area (Å²) in [4.78, 5) is 9.30. The molecular weight excluding hydrogens is 552 g/mol. The first-order valence-electron chi connectivity index (χ1n) is 15.0. The Morgan fingerprint density at radius 2 is 1.24 bits per heavy atom. The molecule has 9 rings (SSSR count). The SMILES string of the molecule is c1ccc(-n2c3ccccc3c3ccc4c(c5ccc(Oc6cccc(-c7ccccn7)c6)cc5n4-c4ccccn4)c32)cc1. The summed E-state index contributed by atoms with van der Waals surface area (Å²) < 4.78 is 11.1. The van der Waals surface area contributed by atoms with E-state index in [2.05, 4.69) is 111 Å². The summed E-state index contributed by atoms with van der Waals surface area (Å²) in [7, 11) is 0. The maximum absolute atomic E-state index is 6.50. The van der Waals surface area contributed by atoms with Gasteiger partial charge in [0.25, 0.3) is 0 Å². The van der Waals surface area contributed by atoms with E-state index in [0.29, 0.717) is 0 Å². The summed E-state index contributed by atoms with van der Waals surface area (Å²) in [5, 5.41) is 4.76. The summed E-state index contributed by atoms with van der Waals surface area (Å²) in [5.74, 6) is 2.36. The van der Waals surface area contributed by atoms with Crippen LogP contribution in [-0.4, -0.2) is 19.1 Å². The topological polar surface area (TPSA) is 44.9 Å². The summed E-state index contributed by atoms with van der Waals surface area (Å²) >= 11 is 0. The van der Waals surface area contributed by atoms with Gasteiger partial charge in [-0.3, -0.25) is 9.55 Å². The van der Waals surface area contributed by atoms with Crippen LogP contribution in [0.5, 0.6) is 11.5 Å². The first-order chi connectivity index (χ1) is 22.3. The molecule has 4 aromatic heterocycles. The largest absolute Gasteiger partial charge is 0.457 e. The highest BCUT2D eigenvalue weighted by atomic mass is 16.5. The zero-order chi connectivity index (χ0) is 29.7. The molecule has 0 aliphatic rings. The maximum atomic E-state index is 6.50. The van der Waals surface area contributed by atoms with Gasteiger partial charge in [-0.15, -0.1) is 0 Å². The van der Waals surface area contributed by atoms with Gasteiger partial charge >= 0.3 is 0 Å². The van der Waals surface area contributed by atoms with Crippen LogP contribution in [0.4, 0.5) is 0 Å². The summed E-state index contributed by atoms with van der Waals surface area (Å²) in [5.41, 5.74) is 7.51. The zero-order valence-electron chi connectivity index (χ0n) is 24.2. The molecule has 0 bridgehead atoms. The monoisotopic (exact) mass is 578 g/mol. The normalized spacial score (nSPS) is 11.6. The van der Waals surface area contributed by atoms with Crippen LogP contribution in [-0.2, 0) is 0 Å². The fraction of sp³-hybridized carbons (Fsp3) is 0. The van der Waals surface area contributed by atoms with Crippen molar-refractivity contribution in [2.45, 2.75) is 0 Å². The van der Waals surface area contributed by atoms with Crippen LogP contribution in [0.3, 0.4) is 0 Å². The number of rotatable bonds is 5. The minimum Gasteiger partial charge on any atom is -0.457 e. The van der Waals surface area contributed by atoms with Gasteiger partial charge in [0.2, 0.25) is 0 Å². The summed E-state index contributed by atoms with van der Waals surface area (Å²) in [6, 6.07) is 50.1. The second-order valence-electron chi connectivity index (χ2n) is 11.1. The Morgan fingerprint density at radius 3 is 2.09 bits per heavy atom. The van der Waals surface area contributed by atoms with Crippen molar-refractivity contribution in [1.29, 1.82) is 0 Å². The second kappa shape index (κ2) is 10.2. The van der Waals surface area contributed by atoms with Gasteiger partial charge in [0.1, 0.15) is 17.3 Å². The Labute approximate surface area is 259 Å². The highest BCUT2D eigenvalue weighted by Gasteiger charge is 2.21. The molecule has 0 atom stereocenters. The molecule has 0 aliphatic heterocycles. The Morgan fingerprint density at radius 1 is 0.467 bits per heavy atom. The Bertz CT molecular complexity index is 2500. The highest BCUT2D eigenvalue weighted by Crippen LogP contribution is 2.42. The van der Waals surface area contributed by atoms with Gasteiger partial charge in [0.15, 0.2) is 0 Å². The fourth-order valence-electron chi connectivity index (χ4n) is 6.57. The van der Waals surface area contributed by atoms with Crippen molar-refractivity contribution in [3.8, 4) is 34.3 Å². The third-order valence-corrected chi connectivity index (χ3v) is 8.46. The summed E-state index contributed by atoms with van der Waals surface area (Å²) in [6.07, 6.45) is 3.65. The van der Waals surface area contributed by atoms with Crippen LogP contribution < -0.4 is 4.74 Å². The van der Waals surface area contributed by atoms with Crippen molar-refractivity contribution < 1.29 is 4.74 Å². The molecule has 4 heterocycles. The molecule has 0 fully saturated rings. The molecule has 0 radical (unpaired) electrons. The van der Waals surface area contributed by atoms with Crippen LogP contribution in [0.25, 0.3) is 66.4 Å². The fourth-order valence-corrected chi connectivity index (χ4v) is 6.57. The molecule has 5 heteroatoms. The number of nitrogens with zero attached hydrogens (tertiary/aromatic N) is 4. The van der Waals surface area contributed by atoms with Gasteiger partial charge in [-0.05, 0) is 72.8 Å². The van der Waals surface area contributed by atoms with E-state index in [1.165, 1.54) is 27.2 Å². The van der Waals surface area contributed by atoms with Gasteiger partial charge in [-0.25, -0.2) is 4.98 Å². The molecule has 0 N–H and O–H groups in total. The van der Waals surface area contributed by atoms with Crippen molar-refractivity contribution in [3.63, 3.8) is 0 Å². The Kier molecular flexibility index (Phi) is 5.74. The molecule has 0 spiro atoms. The van der Waals surface area contributed by atoms with Gasteiger partial charge in [-0.1, -0.05) is 66.7 Å². The number of fused-ring (bicyclic) bond motifs is 7. The standard InChI is InChI=1S/C40H26N4O/c1-2-12-28(13-3-1)43-35-17-5-4-15-31(35)32-21-22-36-39(40(32)43)33-20-19-30(26-37(33)44(36)38-18-7-9-24-42-38)45-29-14-10-11-27(25-29)34-16-6-8-23-41-34/h1-26H. The predicted octanol–water partition coefficient (Wildman–Crippen LogP) is 10.1. The number of pyridine rings is 2. The molecule has 0 aliphatic carbocycles. The molecule has 9 aromatic rings. The van der Waals surface area contributed by atoms with Gasteiger partial charge in [0.05, 0.1) is 27.8 Å². The molecule has 212 valence electrons. The predicted molar refractivity (Wildman–Crippen MR) is 183 cm³/mol. The van der Waals surface area contributed by atoms with Gasteiger partial charge in [0, 0.05) is 51.3 Å². The molecular formula is C40H26N4O. The smallest absolute Gasteiger partial charge is 0.137 e. The Hall–Kier alpha value is -6.20. The first-order valence-corrected chi connectivity index (χ1v) is 15.0. The number of ether oxygens (including phenoxy) is 1. The minimum absolute atomic E-state index is 0.750. The van der Waals surface area contributed by atoms with Gasteiger partial charge in [-0.2, -0.15) is 0 Å². The van der Waals surface area contributed by atoms with Crippen LogP contribution in [0.1, 0.15) is 0 Å². The van der Waals surface area contributed by atoms with Crippen molar-refractivity contribution >= 4 is 43.6 Å². The van der Waals surface area contributed by atoms with E-state index >= 15 is 0 Å². The van der Waals surface area contributed by atoms with Crippen LogP contribution in [0.15, 0.2) is 158 Å². The van der Waals surface area contributed by atoms with E-state index < -0.39 is 0 Å². The number of benzene rings is 5. The lowest BCUT2D eigenvalue weighted by atomic mass is 10.1. The van der Waals surface area contributed by atoms with E-state index in [9.17, 15) is 0 Å². The van der Waals surface area contributed by atoms with Crippen LogP contribution >= 0.6 is 0 Å². The van der Waals surface area contributed by atoms with E-state index in [-0.39, 0.29) is 0 Å².